The Morgan fingerprint density at radius 3 is 2.62 bits per heavy atom. The van der Waals surface area contributed by atoms with Gasteiger partial charge in [0.25, 0.3) is 11.7 Å². The fraction of sp³-hybridized carbons (Fsp3) is 0.286. The Morgan fingerprint density at radius 2 is 1.96 bits per heavy atom. The van der Waals surface area contributed by atoms with Gasteiger partial charge in [0, 0.05) is 5.69 Å². The summed E-state index contributed by atoms with van der Waals surface area (Å²) < 4.78 is 38.9. The molecule has 0 atom stereocenters. The Balaban J connectivity index is 1.91. The number of hydrogen-bond donors (Lipinski definition) is 1. The number of rotatable bonds is 3. The van der Waals surface area contributed by atoms with Gasteiger partial charge < -0.3 is 5.32 Å². The number of hydrogen-bond acceptors (Lipinski definition) is 5. The summed E-state index contributed by atoms with van der Waals surface area (Å²) in [4.78, 5) is 12.2. The van der Waals surface area contributed by atoms with Crippen molar-refractivity contribution in [1.29, 1.82) is 0 Å². The predicted octanol–water partition coefficient (Wildman–Crippen LogP) is 3.58. The van der Waals surface area contributed by atoms with E-state index >= 15 is 0 Å². The summed E-state index contributed by atoms with van der Waals surface area (Å²) in [6.07, 6.45) is -4.69. The number of aromatic nitrogens is 4. The molecule has 126 valence electrons. The van der Waals surface area contributed by atoms with Crippen LogP contribution in [0, 0.1) is 0 Å². The van der Waals surface area contributed by atoms with Crippen LogP contribution in [-0.2, 0) is 6.18 Å². The van der Waals surface area contributed by atoms with E-state index in [-0.39, 0.29) is 15.9 Å². The predicted molar refractivity (Wildman–Crippen MR) is 82.1 cm³/mol. The normalized spacial score (nSPS) is 12.1. The van der Waals surface area contributed by atoms with Crippen molar-refractivity contribution in [3.05, 3.63) is 40.7 Å². The van der Waals surface area contributed by atoms with Gasteiger partial charge in [-0.05, 0) is 17.5 Å². The van der Waals surface area contributed by atoms with Gasteiger partial charge in [-0.1, -0.05) is 43.4 Å². The molecule has 0 saturated carbocycles. The van der Waals surface area contributed by atoms with E-state index in [1.54, 1.807) is 12.1 Å². The molecule has 1 amide bonds. The third kappa shape index (κ3) is 2.96. The summed E-state index contributed by atoms with van der Waals surface area (Å²) in [5.41, 5.74) is 1.52. The largest absolute Gasteiger partial charge is 0.453 e. The van der Waals surface area contributed by atoms with Crippen LogP contribution >= 0.6 is 11.3 Å². The van der Waals surface area contributed by atoms with Crippen molar-refractivity contribution in [2.45, 2.75) is 25.9 Å². The van der Waals surface area contributed by atoms with Crippen LogP contribution in [0.4, 0.5) is 18.9 Å². The van der Waals surface area contributed by atoms with Crippen LogP contribution in [0.1, 0.15) is 41.0 Å². The van der Waals surface area contributed by atoms with Crippen LogP contribution in [0.2, 0.25) is 0 Å². The van der Waals surface area contributed by atoms with E-state index in [4.69, 9.17) is 0 Å². The SMILES string of the molecule is CC(C)c1ccccc1NC(=O)c1nn2c(C(F)(F)F)nnc2s1. The number of amides is 1. The van der Waals surface area contributed by atoms with E-state index in [1.807, 2.05) is 26.0 Å². The standard InChI is InChI=1S/C14H12F3N5OS/c1-7(2)8-5-3-4-6-9(8)18-10(23)11-21-22-12(14(15,16)17)19-20-13(22)24-11/h3-7H,1-2H3,(H,18,23). The van der Waals surface area contributed by atoms with Gasteiger partial charge >= 0.3 is 6.18 Å². The highest BCUT2D eigenvalue weighted by molar-refractivity contribution is 7.18. The quantitative estimate of drug-likeness (QED) is 0.779. The van der Waals surface area contributed by atoms with Gasteiger partial charge in [0.1, 0.15) is 0 Å². The molecule has 0 spiro atoms. The molecule has 2 heterocycles. The van der Waals surface area contributed by atoms with E-state index < -0.39 is 17.9 Å². The minimum absolute atomic E-state index is 0.0929. The molecule has 3 rings (SSSR count). The smallest absolute Gasteiger partial charge is 0.320 e. The minimum Gasteiger partial charge on any atom is -0.320 e. The third-order valence-corrected chi connectivity index (χ3v) is 4.17. The molecule has 0 radical (unpaired) electrons. The Labute approximate surface area is 138 Å². The van der Waals surface area contributed by atoms with Crippen LogP contribution in [0.25, 0.3) is 4.96 Å². The summed E-state index contributed by atoms with van der Waals surface area (Å²) in [6, 6.07) is 7.22. The molecular weight excluding hydrogens is 343 g/mol. The molecule has 24 heavy (non-hydrogen) atoms. The van der Waals surface area contributed by atoms with E-state index in [0.717, 1.165) is 16.9 Å². The number of benzene rings is 1. The fourth-order valence-corrected chi connectivity index (χ4v) is 2.91. The van der Waals surface area contributed by atoms with Crippen LogP contribution in [0.5, 0.6) is 0 Å². The summed E-state index contributed by atoms with van der Waals surface area (Å²) in [5.74, 6) is -1.67. The molecule has 0 aliphatic heterocycles. The van der Waals surface area contributed by atoms with Crippen LogP contribution in [0.15, 0.2) is 24.3 Å². The second-order valence-corrected chi connectivity index (χ2v) is 6.28. The second kappa shape index (κ2) is 5.86. The van der Waals surface area contributed by atoms with Gasteiger partial charge in [0.2, 0.25) is 9.97 Å². The number of alkyl halides is 3. The average molecular weight is 355 g/mol. The van der Waals surface area contributed by atoms with Crippen molar-refractivity contribution in [3.63, 3.8) is 0 Å². The summed E-state index contributed by atoms with van der Waals surface area (Å²) >= 11 is 0.742. The molecule has 0 unspecified atom stereocenters. The highest BCUT2D eigenvalue weighted by Gasteiger charge is 2.38. The average Bonchev–Trinajstić information content (AvgIpc) is 3.06. The zero-order valence-electron chi connectivity index (χ0n) is 12.6. The maximum absolute atomic E-state index is 12.8. The zero-order valence-corrected chi connectivity index (χ0v) is 13.4. The third-order valence-electron chi connectivity index (χ3n) is 3.27. The molecule has 0 bridgehead atoms. The zero-order chi connectivity index (χ0) is 17.5. The number of carbonyl (C=O) groups excluding carboxylic acids is 1. The van der Waals surface area contributed by atoms with Crippen molar-refractivity contribution < 1.29 is 18.0 Å². The first-order valence-electron chi connectivity index (χ1n) is 6.97. The van der Waals surface area contributed by atoms with Gasteiger partial charge in [-0.3, -0.25) is 4.79 Å². The fourth-order valence-electron chi connectivity index (χ4n) is 2.18. The molecule has 0 aliphatic rings. The van der Waals surface area contributed by atoms with Crippen LogP contribution in [-0.4, -0.2) is 25.7 Å². The molecule has 0 saturated heterocycles. The molecule has 2 aromatic heterocycles. The highest BCUT2D eigenvalue weighted by Crippen LogP contribution is 2.29. The van der Waals surface area contributed by atoms with Gasteiger partial charge in [-0.25, -0.2) is 0 Å². The number of halogens is 3. The van der Waals surface area contributed by atoms with E-state index in [2.05, 4.69) is 20.6 Å². The van der Waals surface area contributed by atoms with Gasteiger partial charge in [-0.2, -0.15) is 17.7 Å². The van der Waals surface area contributed by atoms with Gasteiger partial charge in [0.05, 0.1) is 0 Å². The number of fused-ring (bicyclic) bond motifs is 1. The molecule has 1 N–H and O–H groups in total. The van der Waals surface area contributed by atoms with Crippen molar-refractivity contribution in [3.8, 4) is 0 Å². The molecule has 0 aliphatic carbocycles. The van der Waals surface area contributed by atoms with Crippen LogP contribution < -0.4 is 5.32 Å². The van der Waals surface area contributed by atoms with Crippen molar-refractivity contribution in [2.75, 3.05) is 5.32 Å². The number of nitrogens with one attached hydrogen (secondary N) is 1. The van der Waals surface area contributed by atoms with E-state index in [1.165, 1.54) is 0 Å². The van der Waals surface area contributed by atoms with E-state index in [0.29, 0.717) is 10.2 Å². The lowest BCUT2D eigenvalue weighted by atomic mass is 10.0. The Morgan fingerprint density at radius 1 is 1.25 bits per heavy atom. The molecule has 0 fully saturated rings. The minimum atomic E-state index is -4.69. The lowest BCUT2D eigenvalue weighted by Crippen LogP contribution is -2.15. The van der Waals surface area contributed by atoms with Crippen molar-refractivity contribution in [2.24, 2.45) is 0 Å². The number of para-hydroxylation sites is 1. The lowest BCUT2D eigenvalue weighted by Gasteiger charge is -2.12. The first-order valence-corrected chi connectivity index (χ1v) is 7.78. The second-order valence-electron chi connectivity index (χ2n) is 5.32. The Kier molecular flexibility index (Phi) is 3.99. The maximum Gasteiger partial charge on any atom is 0.453 e. The Hall–Kier alpha value is -2.49. The summed E-state index contributed by atoms with van der Waals surface area (Å²) in [7, 11) is 0. The van der Waals surface area contributed by atoms with Gasteiger partial charge in [-0.15, -0.1) is 15.3 Å². The molecule has 10 heteroatoms. The van der Waals surface area contributed by atoms with Gasteiger partial charge in [0.15, 0.2) is 0 Å². The van der Waals surface area contributed by atoms with Crippen molar-refractivity contribution in [1.82, 2.24) is 19.8 Å². The van der Waals surface area contributed by atoms with Crippen molar-refractivity contribution >= 4 is 27.9 Å². The maximum atomic E-state index is 12.8. The molecule has 6 nitrogen and oxygen atoms in total. The van der Waals surface area contributed by atoms with Crippen LogP contribution in [0.3, 0.4) is 0 Å². The monoisotopic (exact) mass is 355 g/mol. The number of anilines is 1. The molecule has 3 aromatic rings. The Bertz CT molecular complexity index is 899. The summed E-state index contributed by atoms with van der Waals surface area (Å²) in [6.45, 7) is 3.95. The molecule has 1 aromatic carbocycles. The highest BCUT2D eigenvalue weighted by atomic mass is 32.1. The summed E-state index contributed by atoms with van der Waals surface area (Å²) in [5, 5.41) is 12.7. The molecular formula is C14H12F3N5OS. The number of nitrogens with zero attached hydrogens (tertiary/aromatic N) is 4. The number of carbonyl (C=O) groups is 1. The first kappa shape index (κ1) is 16.4. The lowest BCUT2D eigenvalue weighted by molar-refractivity contribution is -0.146. The topological polar surface area (TPSA) is 72.2 Å². The first-order chi connectivity index (χ1) is 11.3. The van der Waals surface area contributed by atoms with E-state index in [9.17, 15) is 18.0 Å².